The van der Waals surface area contributed by atoms with Gasteiger partial charge in [0, 0.05) is 21.6 Å². The van der Waals surface area contributed by atoms with Gasteiger partial charge in [0.05, 0.1) is 16.5 Å². The molecule has 0 radical (unpaired) electrons. The Morgan fingerprint density at radius 1 is 1.23 bits per heavy atom. The van der Waals surface area contributed by atoms with Crippen molar-refractivity contribution in [1.29, 1.82) is 0 Å². The van der Waals surface area contributed by atoms with Gasteiger partial charge in [0.1, 0.15) is 12.7 Å². The van der Waals surface area contributed by atoms with Gasteiger partial charge in [-0.1, -0.05) is 6.07 Å². The van der Waals surface area contributed by atoms with E-state index in [4.69, 9.17) is 9.47 Å². The third-order valence-electron chi connectivity index (χ3n) is 3.89. The highest BCUT2D eigenvalue weighted by atomic mass is 79.9. The molecule has 0 aliphatic carbocycles. The minimum absolute atomic E-state index is 0.165. The fraction of sp³-hybridized carbons (Fsp3) is 0.524. The zero-order chi connectivity index (χ0) is 19.7. The van der Waals surface area contributed by atoms with E-state index in [1.165, 1.54) is 0 Å². The molecule has 26 heavy (non-hydrogen) atoms. The van der Waals surface area contributed by atoms with Gasteiger partial charge in [-0.25, -0.2) is 0 Å². The molecule has 1 atom stereocenters. The Bertz CT molecular complexity index is 803. The van der Waals surface area contributed by atoms with Crippen LogP contribution in [0.5, 0.6) is 0 Å². The molecule has 1 aromatic carbocycles. The summed E-state index contributed by atoms with van der Waals surface area (Å²) in [5.41, 5.74) is 2.02. The van der Waals surface area contributed by atoms with Crippen molar-refractivity contribution in [2.24, 2.45) is 5.41 Å². The number of aryl methyl sites for hydroxylation is 1. The molecule has 1 aromatic heterocycles. The molecule has 0 spiro atoms. The average Bonchev–Trinajstić information content (AvgIpc) is 2.49. The quantitative estimate of drug-likeness (QED) is 0.589. The van der Waals surface area contributed by atoms with E-state index in [0.717, 1.165) is 26.5 Å². The summed E-state index contributed by atoms with van der Waals surface area (Å²) in [7, 11) is 0. The van der Waals surface area contributed by atoms with Gasteiger partial charge in [-0.05, 0) is 82.1 Å². The zero-order valence-electron chi connectivity index (χ0n) is 16.6. The van der Waals surface area contributed by atoms with Crippen molar-refractivity contribution in [3.63, 3.8) is 0 Å². The number of benzene rings is 1. The minimum atomic E-state index is -0.550. The van der Waals surface area contributed by atoms with Gasteiger partial charge in [-0.15, -0.1) is 0 Å². The first-order valence-electron chi connectivity index (χ1n) is 8.79. The lowest BCUT2D eigenvalue weighted by molar-refractivity contribution is -0.162. The van der Waals surface area contributed by atoms with Gasteiger partial charge < -0.3 is 9.47 Å². The molecule has 5 heteroatoms. The summed E-state index contributed by atoms with van der Waals surface area (Å²) < 4.78 is 12.8. The number of carbonyl (C=O) groups excluding carboxylic acids is 1. The molecule has 2 rings (SSSR count). The highest BCUT2D eigenvalue weighted by molar-refractivity contribution is 9.10. The van der Waals surface area contributed by atoms with Crippen molar-refractivity contribution in [3.05, 3.63) is 40.0 Å². The highest BCUT2D eigenvalue weighted by Crippen LogP contribution is 2.37. The minimum Gasteiger partial charge on any atom is -0.462 e. The molecule has 0 fully saturated rings. The predicted octanol–water partition coefficient (Wildman–Crippen LogP) is 5.75. The summed E-state index contributed by atoms with van der Waals surface area (Å²) in [5.74, 6) is -0.240. The van der Waals surface area contributed by atoms with Crippen molar-refractivity contribution in [2.75, 3.05) is 6.61 Å². The Kier molecular flexibility index (Phi) is 6.13. The number of hydrogen-bond donors (Lipinski definition) is 0. The maximum absolute atomic E-state index is 12.2. The first-order valence-corrected chi connectivity index (χ1v) is 9.58. The number of ether oxygens (including phenoxy) is 2. The maximum Gasteiger partial charge on any atom is 0.311 e. The van der Waals surface area contributed by atoms with Crippen molar-refractivity contribution < 1.29 is 14.3 Å². The summed E-state index contributed by atoms with van der Waals surface area (Å²) in [5, 5.41) is 1.01. The smallest absolute Gasteiger partial charge is 0.311 e. The van der Waals surface area contributed by atoms with Crippen LogP contribution < -0.4 is 0 Å². The molecular formula is C21H28BrNO3. The molecule has 0 aliphatic heterocycles. The second kappa shape index (κ2) is 7.65. The lowest BCUT2D eigenvalue weighted by Gasteiger charge is -2.30. The Hall–Kier alpha value is -1.46. The number of hydrogen-bond acceptors (Lipinski definition) is 4. The van der Waals surface area contributed by atoms with E-state index in [-0.39, 0.29) is 24.3 Å². The van der Waals surface area contributed by atoms with E-state index in [2.05, 4.69) is 20.9 Å². The summed E-state index contributed by atoms with van der Waals surface area (Å²) in [4.78, 5) is 16.7. The molecular weight excluding hydrogens is 394 g/mol. The molecule has 142 valence electrons. The molecule has 0 aliphatic rings. The Balaban J connectivity index is 2.45. The number of fused-ring (bicyclic) bond motifs is 1. The van der Waals surface area contributed by atoms with E-state index in [0.29, 0.717) is 0 Å². The lowest BCUT2D eigenvalue weighted by Crippen LogP contribution is -2.30. The number of carbonyl (C=O) groups is 1. The van der Waals surface area contributed by atoms with Crippen LogP contribution in [0.25, 0.3) is 10.9 Å². The van der Waals surface area contributed by atoms with E-state index < -0.39 is 5.41 Å². The van der Waals surface area contributed by atoms with Crippen molar-refractivity contribution in [3.8, 4) is 0 Å². The van der Waals surface area contributed by atoms with Crippen LogP contribution in [0.3, 0.4) is 0 Å². The molecule has 0 unspecified atom stereocenters. The van der Waals surface area contributed by atoms with Gasteiger partial charge in [-0.2, -0.15) is 0 Å². The Morgan fingerprint density at radius 2 is 1.88 bits per heavy atom. The second-order valence-corrected chi connectivity index (χ2v) is 9.35. The fourth-order valence-electron chi connectivity index (χ4n) is 2.69. The maximum atomic E-state index is 12.2. The topological polar surface area (TPSA) is 48.4 Å². The Labute approximate surface area is 164 Å². The van der Waals surface area contributed by atoms with Gasteiger partial charge >= 0.3 is 5.97 Å². The van der Waals surface area contributed by atoms with Crippen LogP contribution in [-0.2, 0) is 14.3 Å². The summed E-state index contributed by atoms with van der Waals surface area (Å²) in [6, 6.07) is 5.97. The zero-order valence-corrected chi connectivity index (χ0v) is 18.2. The van der Waals surface area contributed by atoms with Crippen LogP contribution in [0.15, 0.2) is 28.9 Å². The van der Waals surface area contributed by atoms with Crippen LogP contribution in [0.1, 0.15) is 58.8 Å². The molecule has 0 bridgehead atoms. The summed E-state index contributed by atoms with van der Waals surface area (Å²) >= 11 is 3.73. The molecule has 2 aromatic rings. The Morgan fingerprint density at radius 3 is 2.46 bits per heavy atom. The van der Waals surface area contributed by atoms with Crippen LogP contribution in [0, 0.1) is 12.3 Å². The van der Waals surface area contributed by atoms with Crippen molar-refractivity contribution >= 4 is 32.8 Å². The normalized spacial score (nSPS) is 13.7. The van der Waals surface area contributed by atoms with Gasteiger partial charge in [0.25, 0.3) is 0 Å². The van der Waals surface area contributed by atoms with E-state index in [9.17, 15) is 4.79 Å². The first-order chi connectivity index (χ1) is 11.9. The largest absolute Gasteiger partial charge is 0.462 e. The molecule has 0 saturated heterocycles. The average molecular weight is 422 g/mol. The number of nitrogens with zero attached hydrogens (tertiary/aromatic N) is 1. The van der Waals surface area contributed by atoms with Crippen molar-refractivity contribution in [2.45, 2.75) is 60.2 Å². The molecule has 0 N–H and O–H groups in total. The summed E-state index contributed by atoms with van der Waals surface area (Å²) in [6.07, 6.45) is 1.41. The van der Waals surface area contributed by atoms with E-state index >= 15 is 0 Å². The van der Waals surface area contributed by atoms with Crippen LogP contribution >= 0.6 is 15.9 Å². The molecule has 0 saturated carbocycles. The summed E-state index contributed by atoms with van der Waals surface area (Å²) in [6.45, 7) is 13.7. The second-order valence-electron chi connectivity index (χ2n) is 8.56. The lowest BCUT2D eigenvalue weighted by atomic mass is 9.97. The van der Waals surface area contributed by atoms with Gasteiger partial charge in [0.15, 0.2) is 0 Å². The number of rotatable bonds is 4. The van der Waals surface area contributed by atoms with Gasteiger partial charge in [0.2, 0.25) is 0 Å². The first kappa shape index (κ1) is 20.8. The number of aromatic nitrogens is 1. The van der Waals surface area contributed by atoms with E-state index in [1.807, 2.05) is 66.7 Å². The highest BCUT2D eigenvalue weighted by Gasteiger charge is 2.29. The molecule has 4 nitrogen and oxygen atoms in total. The fourth-order valence-corrected chi connectivity index (χ4v) is 3.59. The van der Waals surface area contributed by atoms with Crippen LogP contribution in [-0.4, -0.2) is 23.2 Å². The van der Waals surface area contributed by atoms with Crippen LogP contribution in [0.2, 0.25) is 0 Å². The van der Waals surface area contributed by atoms with Crippen molar-refractivity contribution in [1.82, 2.24) is 4.98 Å². The SMILES string of the molecule is Cc1cc2ncccc2c(Br)c1[C@H](COC(=O)C(C)(C)C)OC(C)(C)C. The monoisotopic (exact) mass is 421 g/mol. The number of halogens is 1. The standard InChI is InChI=1S/C21H28BrNO3/c1-13-11-15-14(9-8-10-23-15)18(22)17(13)16(26-21(5,6)7)12-25-19(24)20(2,3)4/h8-11,16H,12H2,1-7H3/t16-/m0/s1. The van der Waals surface area contributed by atoms with Crippen LogP contribution in [0.4, 0.5) is 0 Å². The molecule has 1 heterocycles. The predicted molar refractivity (Wildman–Crippen MR) is 108 cm³/mol. The number of esters is 1. The third kappa shape index (κ3) is 5.04. The molecule has 0 amide bonds. The third-order valence-corrected chi connectivity index (χ3v) is 4.74. The van der Waals surface area contributed by atoms with Gasteiger partial charge in [-0.3, -0.25) is 9.78 Å². The van der Waals surface area contributed by atoms with E-state index in [1.54, 1.807) is 6.20 Å². The number of pyridine rings is 1.